The highest BCUT2D eigenvalue weighted by Crippen LogP contribution is 2.13. The van der Waals surface area contributed by atoms with Crippen LogP contribution in [0.15, 0.2) is 84.0 Å². The van der Waals surface area contributed by atoms with E-state index in [9.17, 15) is 9.59 Å². The molecule has 0 heterocycles. The molecule has 0 saturated carbocycles. The number of hydrogen-bond acceptors (Lipinski definition) is 5. The van der Waals surface area contributed by atoms with Gasteiger partial charge in [-0.2, -0.15) is 5.10 Å². The summed E-state index contributed by atoms with van der Waals surface area (Å²) in [7, 11) is 1.57. The van der Waals surface area contributed by atoms with Gasteiger partial charge in [0.1, 0.15) is 11.5 Å². The number of ether oxygens (including phenoxy) is 2. The van der Waals surface area contributed by atoms with E-state index in [1.165, 1.54) is 6.21 Å². The number of methoxy groups -OCH3 is 1. The Morgan fingerprint density at radius 3 is 2.25 bits per heavy atom. The van der Waals surface area contributed by atoms with Gasteiger partial charge < -0.3 is 14.8 Å². The smallest absolute Gasteiger partial charge is 0.271 e. The normalized spacial score (nSPS) is 11.6. The molecule has 0 aliphatic carbocycles. The summed E-state index contributed by atoms with van der Waals surface area (Å²) >= 11 is 0. The Labute approximate surface area is 187 Å². The maximum absolute atomic E-state index is 12.1. The van der Waals surface area contributed by atoms with Crippen molar-refractivity contribution >= 4 is 18.0 Å². The van der Waals surface area contributed by atoms with E-state index in [1.807, 2.05) is 37.3 Å². The second kappa shape index (κ2) is 11.3. The number of benzene rings is 3. The minimum absolute atomic E-state index is 0.0808. The van der Waals surface area contributed by atoms with Crippen LogP contribution in [-0.4, -0.2) is 31.7 Å². The summed E-state index contributed by atoms with van der Waals surface area (Å²) in [4.78, 5) is 24.2. The Morgan fingerprint density at radius 1 is 0.938 bits per heavy atom. The van der Waals surface area contributed by atoms with Gasteiger partial charge in [0.25, 0.3) is 11.8 Å². The number of hydrogen-bond donors (Lipinski definition) is 2. The number of hydrazone groups is 1. The van der Waals surface area contributed by atoms with Crippen LogP contribution < -0.4 is 20.2 Å². The largest absolute Gasteiger partial charge is 0.497 e. The fourth-order valence-electron chi connectivity index (χ4n) is 2.88. The standard InChI is InChI=1S/C25H25N3O4/c1-18(20-6-4-3-5-7-20)27-24(29)17-32-23-12-8-19(9-13-23)16-26-28-25(30)21-10-14-22(31-2)15-11-21/h3-16,18H,17H2,1-2H3,(H,27,29)(H,28,30)/b26-16+/t18-/m0/s1. The van der Waals surface area contributed by atoms with E-state index >= 15 is 0 Å². The maximum Gasteiger partial charge on any atom is 0.271 e. The van der Waals surface area contributed by atoms with E-state index < -0.39 is 0 Å². The minimum atomic E-state index is -0.320. The molecule has 7 heteroatoms. The molecule has 1 atom stereocenters. The van der Waals surface area contributed by atoms with Crippen molar-refractivity contribution in [2.24, 2.45) is 5.10 Å². The van der Waals surface area contributed by atoms with Gasteiger partial charge in [-0.05, 0) is 66.6 Å². The van der Waals surface area contributed by atoms with Crippen LogP contribution in [0.25, 0.3) is 0 Å². The van der Waals surface area contributed by atoms with E-state index in [0.29, 0.717) is 17.1 Å². The predicted molar refractivity (Wildman–Crippen MR) is 123 cm³/mol. The van der Waals surface area contributed by atoms with Crippen LogP contribution in [0.4, 0.5) is 0 Å². The molecule has 3 rings (SSSR count). The lowest BCUT2D eigenvalue weighted by Gasteiger charge is -2.14. The maximum atomic E-state index is 12.1. The average Bonchev–Trinajstić information content (AvgIpc) is 2.84. The molecule has 0 bridgehead atoms. The van der Waals surface area contributed by atoms with Crippen molar-refractivity contribution in [2.75, 3.05) is 13.7 Å². The number of nitrogens with zero attached hydrogens (tertiary/aromatic N) is 1. The molecule has 0 spiro atoms. The van der Waals surface area contributed by atoms with Gasteiger partial charge in [-0.3, -0.25) is 9.59 Å². The quantitative estimate of drug-likeness (QED) is 0.399. The van der Waals surface area contributed by atoms with Crippen molar-refractivity contribution in [1.29, 1.82) is 0 Å². The summed E-state index contributed by atoms with van der Waals surface area (Å²) in [6, 6.07) is 23.4. The summed E-state index contributed by atoms with van der Waals surface area (Å²) in [6.45, 7) is 1.84. The van der Waals surface area contributed by atoms with Crippen LogP contribution >= 0.6 is 0 Å². The number of carbonyl (C=O) groups is 2. The molecule has 3 aromatic rings. The first-order valence-corrected chi connectivity index (χ1v) is 10.1. The Kier molecular flexibility index (Phi) is 7.97. The van der Waals surface area contributed by atoms with Gasteiger partial charge in [-0.1, -0.05) is 30.3 Å². The highest BCUT2D eigenvalue weighted by atomic mass is 16.5. The Hall–Kier alpha value is -4.13. The number of rotatable bonds is 9. The summed E-state index contributed by atoms with van der Waals surface area (Å²) < 4.78 is 10.6. The summed E-state index contributed by atoms with van der Waals surface area (Å²) in [5, 5.41) is 6.87. The van der Waals surface area contributed by atoms with Gasteiger partial charge in [-0.15, -0.1) is 0 Å². The van der Waals surface area contributed by atoms with Crippen LogP contribution in [0.3, 0.4) is 0 Å². The third-order valence-electron chi connectivity index (χ3n) is 4.66. The highest BCUT2D eigenvalue weighted by molar-refractivity contribution is 5.95. The minimum Gasteiger partial charge on any atom is -0.497 e. The zero-order valence-electron chi connectivity index (χ0n) is 17.9. The van der Waals surface area contributed by atoms with Crippen molar-refractivity contribution < 1.29 is 19.1 Å². The van der Waals surface area contributed by atoms with E-state index in [-0.39, 0.29) is 24.5 Å². The van der Waals surface area contributed by atoms with E-state index in [4.69, 9.17) is 9.47 Å². The molecular weight excluding hydrogens is 406 g/mol. The lowest BCUT2D eigenvalue weighted by molar-refractivity contribution is -0.123. The van der Waals surface area contributed by atoms with Crippen molar-refractivity contribution in [3.63, 3.8) is 0 Å². The molecule has 7 nitrogen and oxygen atoms in total. The predicted octanol–water partition coefficient (Wildman–Crippen LogP) is 3.72. The molecule has 0 aliphatic heterocycles. The monoisotopic (exact) mass is 431 g/mol. The zero-order valence-corrected chi connectivity index (χ0v) is 17.9. The van der Waals surface area contributed by atoms with Crippen molar-refractivity contribution in [3.05, 3.63) is 95.6 Å². The molecule has 0 aliphatic rings. The van der Waals surface area contributed by atoms with Crippen molar-refractivity contribution in [3.8, 4) is 11.5 Å². The van der Waals surface area contributed by atoms with Gasteiger partial charge in [0.15, 0.2) is 6.61 Å². The van der Waals surface area contributed by atoms with Crippen LogP contribution in [0.2, 0.25) is 0 Å². The third kappa shape index (κ3) is 6.70. The summed E-state index contributed by atoms with van der Waals surface area (Å²) in [5.74, 6) is 0.718. The first kappa shape index (κ1) is 22.6. The Morgan fingerprint density at radius 2 is 1.59 bits per heavy atom. The fourth-order valence-corrected chi connectivity index (χ4v) is 2.88. The molecule has 0 saturated heterocycles. The molecule has 2 N–H and O–H groups in total. The first-order valence-electron chi connectivity index (χ1n) is 10.1. The number of amides is 2. The second-order valence-corrected chi connectivity index (χ2v) is 6.99. The van der Waals surface area contributed by atoms with Gasteiger partial charge in [0.2, 0.25) is 0 Å². The fraction of sp³-hybridized carbons (Fsp3) is 0.160. The summed E-state index contributed by atoms with van der Waals surface area (Å²) in [5.41, 5.74) is 4.76. The topological polar surface area (TPSA) is 89.0 Å². The molecule has 0 aromatic heterocycles. The zero-order chi connectivity index (χ0) is 22.8. The molecule has 3 aromatic carbocycles. The Balaban J connectivity index is 1.44. The molecule has 0 unspecified atom stereocenters. The first-order chi connectivity index (χ1) is 15.5. The molecule has 2 amide bonds. The lowest BCUT2D eigenvalue weighted by Crippen LogP contribution is -2.31. The van der Waals surface area contributed by atoms with Gasteiger partial charge in [0.05, 0.1) is 19.4 Å². The number of carbonyl (C=O) groups excluding carboxylic acids is 2. The van der Waals surface area contributed by atoms with E-state index in [0.717, 1.165) is 11.1 Å². The van der Waals surface area contributed by atoms with Gasteiger partial charge in [-0.25, -0.2) is 5.43 Å². The van der Waals surface area contributed by atoms with E-state index in [1.54, 1.807) is 55.6 Å². The van der Waals surface area contributed by atoms with Crippen LogP contribution in [0.5, 0.6) is 11.5 Å². The lowest BCUT2D eigenvalue weighted by atomic mass is 10.1. The van der Waals surface area contributed by atoms with E-state index in [2.05, 4.69) is 15.8 Å². The van der Waals surface area contributed by atoms with Crippen molar-refractivity contribution in [2.45, 2.75) is 13.0 Å². The molecule has 0 fully saturated rings. The molecule has 164 valence electrons. The third-order valence-corrected chi connectivity index (χ3v) is 4.66. The average molecular weight is 431 g/mol. The molecule has 0 radical (unpaired) electrons. The van der Waals surface area contributed by atoms with Gasteiger partial charge in [0, 0.05) is 5.56 Å². The van der Waals surface area contributed by atoms with Crippen LogP contribution in [-0.2, 0) is 4.79 Å². The SMILES string of the molecule is COc1ccc(C(=O)N/N=C/c2ccc(OCC(=O)N[C@@H](C)c3ccccc3)cc2)cc1. The second-order valence-electron chi connectivity index (χ2n) is 6.99. The summed E-state index contributed by atoms with van der Waals surface area (Å²) in [6.07, 6.45) is 1.53. The Bertz CT molecular complexity index is 1050. The number of nitrogens with one attached hydrogen (secondary N) is 2. The van der Waals surface area contributed by atoms with Crippen LogP contribution in [0.1, 0.15) is 34.5 Å². The van der Waals surface area contributed by atoms with Crippen molar-refractivity contribution in [1.82, 2.24) is 10.7 Å². The molecular formula is C25H25N3O4. The molecule has 32 heavy (non-hydrogen) atoms. The van der Waals surface area contributed by atoms with Gasteiger partial charge >= 0.3 is 0 Å². The highest BCUT2D eigenvalue weighted by Gasteiger charge is 2.09. The van der Waals surface area contributed by atoms with Crippen LogP contribution in [0, 0.1) is 0 Å².